The van der Waals surface area contributed by atoms with Crippen molar-refractivity contribution in [1.82, 2.24) is 0 Å². The maximum absolute atomic E-state index is 13.6. The molecule has 0 radical (unpaired) electrons. The minimum Gasteiger partial charge on any atom is -0.467 e. The fourth-order valence-corrected chi connectivity index (χ4v) is 1.58. The normalized spacial score (nSPS) is 14.1. The summed E-state index contributed by atoms with van der Waals surface area (Å²) in [6.07, 6.45) is 0.131. The lowest BCUT2D eigenvalue weighted by Gasteiger charge is -2.18. The van der Waals surface area contributed by atoms with Crippen LogP contribution in [0.3, 0.4) is 0 Å². The van der Waals surface area contributed by atoms with Gasteiger partial charge in [-0.15, -0.1) is 0 Å². The largest absolute Gasteiger partial charge is 0.467 e. The number of hydrogen-bond acceptors (Lipinski definition) is 4. The van der Waals surface area contributed by atoms with Gasteiger partial charge in [0, 0.05) is 12.0 Å². The van der Waals surface area contributed by atoms with Crippen molar-refractivity contribution in [3.05, 3.63) is 29.1 Å². The predicted molar refractivity (Wildman–Crippen MR) is 54.7 cm³/mol. The Morgan fingerprint density at radius 2 is 2.31 bits per heavy atom. The topological polar surface area (TPSA) is 61.6 Å². The molecule has 86 valence electrons. The monoisotopic (exact) mass is 225 g/mol. The van der Waals surface area contributed by atoms with E-state index in [0.29, 0.717) is 17.9 Å². The van der Waals surface area contributed by atoms with Gasteiger partial charge in [-0.05, 0) is 18.7 Å². The van der Waals surface area contributed by atoms with Crippen molar-refractivity contribution in [2.75, 3.05) is 13.3 Å². The highest BCUT2D eigenvalue weighted by Gasteiger charge is 2.18. The summed E-state index contributed by atoms with van der Waals surface area (Å²) < 4.78 is 23.8. The Bertz CT molecular complexity index is 420. The van der Waals surface area contributed by atoms with E-state index in [2.05, 4.69) is 0 Å². The number of nitrogens with two attached hydrogens (primary N) is 1. The Morgan fingerprint density at radius 3 is 3.06 bits per heavy atom. The smallest absolute Gasteiger partial charge is 0.189 e. The van der Waals surface area contributed by atoms with Gasteiger partial charge in [0.1, 0.15) is 11.6 Å². The van der Waals surface area contributed by atoms with Gasteiger partial charge in [-0.3, -0.25) is 4.79 Å². The maximum atomic E-state index is 13.6. The first-order chi connectivity index (χ1) is 7.72. The lowest BCUT2D eigenvalue weighted by atomic mass is 10.0. The molecule has 0 spiro atoms. The average molecular weight is 225 g/mol. The molecule has 0 aromatic heterocycles. The maximum Gasteiger partial charge on any atom is 0.189 e. The average Bonchev–Trinajstić information content (AvgIpc) is 2.28. The van der Waals surface area contributed by atoms with Crippen LogP contribution in [-0.4, -0.2) is 19.1 Å². The number of carbonyl (C=O) groups is 1. The Morgan fingerprint density at radius 1 is 1.50 bits per heavy atom. The highest BCUT2D eigenvalue weighted by Crippen LogP contribution is 2.27. The summed E-state index contributed by atoms with van der Waals surface area (Å²) in [6.45, 7) is 0.639. The van der Waals surface area contributed by atoms with Gasteiger partial charge in [0.25, 0.3) is 0 Å². The van der Waals surface area contributed by atoms with E-state index in [0.717, 1.165) is 0 Å². The summed E-state index contributed by atoms with van der Waals surface area (Å²) in [6, 6.07) is 2.70. The lowest BCUT2D eigenvalue weighted by molar-refractivity contribution is -0.0166. The summed E-state index contributed by atoms with van der Waals surface area (Å²) in [5.74, 6) is -0.350. The molecule has 16 heavy (non-hydrogen) atoms. The van der Waals surface area contributed by atoms with E-state index in [-0.39, 0.29) is 31.1 Å². The Kier molecular flexibility index (Phi) is 3.17. The fraction of sp³-hybridized carbons (Fsp3) is 0.364. The van der Waals surface area contributed by atoms with Crippen molar-refractivity contribution < 1.29 is 18.7 Å². The van der Waals surface area contributed by atoms with Gasteiger partial charge in [-0.25, -0.2) is 4.39 Å². The van der Waals surface area contributed by atoms with Crippen molar-refractivity contribution in [3.63, 3.8) is 0 Å². The van der Waals surface area contributed by atoms with Gasteiger partial charge in [0.2, 0.25) is 0 Å². The van der Waals surface area contributed by atoms with Crippen molar-refractivity contribution >= 4 is 5.78 Å². The first-order valence-electron chi connectivity index (χ1n) is 4.98. The molecule has 1 aromatic rings. The van der Waals surface area contributed by atoms with Crippen LogP contribution in [0.1, 0.15) is 22.3 Å². The number of carbonyl (C=O) groups excluding carboxylic acids is 1. The second-order valence-electron chi connectivity index (χ2n) is 3.51. The third-order valence-corrected chi connectivity index (χ3v) is 2.38. The van der Waals surface area contributed by atoms with Crippen LogP contribution >= 0.6 is 0 Å². The number of halogens is 1. The molecule has 0 atom stereocenters. The van der Waals surface area contributed by atoms with E-state index in [1.165, 1.54) is 12.1 Å². The highest BCUT2D eigenvalue weighted by molar-refractivity contribution is 5.97. The molecule has 0 unspecified atom stereocenters. The SMILES string of the molecule is NCCC(=O)c1cc2c(cc1F)COCO2. The summed E-state index contributed by atoms with van der Waals surface area (Å²) in [4.78, 5) is 11.5. The Hall–Kier alpha value is -1.46. The van der Waals surface area contributed by atoms with Crippen LogP contribution in [-0.2, 0) is 11.3 Å². The molecule has 4 nitrogen and oxygen atoms in total. The first-order valence-corrected chi connectivity index (χ1v) is 4.98. The van der Waals surface area contributed by atoms with Crippen molar-refractivity contribution in [3.8, 4) is 5.75 Å². The van der Waals surface area contributed by atoms with Gasteiger partial charge < -0.3 is 15.2 Å². The van der Waals surface area contributed by atoms with Crippen LogP contribution in [0.2, 0.25) is 0 Å². The fourth-order valence-electron chi connectivity index (χ4n) is 1.58. The van der Waals surface area contributed by atoms with Gasteiger partial charge in [-0.2, -0.15) is 0 Å². The van der Waals surface area contributed by atoms with E-state index >= 15 is 0 Å². The molecule has 1 heterocycles. The van der Waals surface area contributed by atoms with Crippen molar-refractivity contribution in [2.45, 2.75) is 13.0 Å². The van der Waals surface area contributed by atoms with Crippen LogP contribution in [0.5, 0.6) is 5.75 Å². The van der Waals surface area contributed by atoms with E-state index in [1.54, 1.807) is 0 Å². The van der Waals surface area contributed by atoms with Crippen LogP contribution in [0.15, 0.2) is 12.1 Å². The number of fused-ring (bicyclic) bond motifs is 1. The van der Waals surface area contributed by atoms with Crippen LogP contribution in [0, 0.1) is 5.82 Å². The quantitative estimate of drug-likeness (QED) is 0.786. The van der Waals surface area contributed by atoms with Gasteiger partial charge in [0.05, 0.1) is 12.2 Å². The standard InChI is InChI=1S/C11H12FNO3/c12-9-3-7-5-15-6-16-11(7)4-8(9)10(14)1-2-13/h3-4H,1-2,5-6,13H2. The zero-order chi connectivity index (χ0) is 11.5. The number of rotatable bonds is 3. The number of ether oxygens (including phenoxy) is 2. The predicted octanol–water partition coefficient (Wildman–Crippen LogP) is 1.22. The van der Waals surface area contributed by atoms with Crippen molar-refractivity contribution in [2.24, 2.45) is 5.73 Å². The molecule has 1 aromatic carbocycles. The van der Waals surface area contributed by atoms with Crippen LogP contribution in [0.4, 0.5) is 4.39 Å². The molecule has 0 amide bonds. The minimum atomic E-state index is -0.550. The summed E-state index contributed by atoms with van der Waals surface area (Å²) in [5.41, 5.74) is 5.91. The molecule has 0 aliphatic carbocycles. The van der Waals surface area contributed by atoms with Gasteiger partial charge in [0.15, 0.2) is 12.6 Å². The van der Waals surface area contributed by atoms with E-state index in [1.807, 2.05) is 0 Å². The summed E-state index contributed by atoms with van der Waals surface area (Å²) in [5, 5.41) is 0. The second-order valence-corrected chi connectivity index (χ2v) is 3.51. The van der Waals surface area contributed by atoms with Crippen LogP contribution in [0.25, 0.3) is 0 Å². The minimum absolute atomic E-state index is 0.0334. The second kappa shape index (κ2) is 4.59. The van der Waals surface area contributed by atoms with Gasteiger partial charge in [-0.1, -0.05) is 0 Å². The zero-order valence-corrected chi connectivity index (χ0v) is 8.66. The third kappa shape index (κ3) is 2.05. The molecule has 1 aliphatic heterocycles. The zero-order valence-electron chi connectivity index (χ0n) is 8.66. The molecule has 2 N–H and O–H groups in total. The van der Waals surface area contributed by atoms with E-state index in [4.69, 9.17) is 15.2 Å². The molecule has 0 bridgehead atoms. The summed E-state index contributed by atoms with van der Waals surface area (Å²) in [7, 11) is 0. The van der Waals surface area contributed by atoms with E-state index < -0.39 is 5.82 Å². The summed E-state index contributed by atoms with van der Waals surface area (Å²) >= 11 is 0. The molecule has 0 saturated heterocycles. The van der Waals surface area contributed by atoms with Crippen molar-refractivity contribution in [1.29, 1.82) is 0 Å². The molecule has 1 aliphatic rings. The highest BCUT2D eigenvalue weighted by atomic mass is 19.1. The van der Waals surface area contributed by atoms with Gasteiger partial charge >= 0.3 is 0 Å². The first kappa shape index (κ1) is 11.0. The Labute approximate surface area is 92.1 Å². The molecule has 5 heteroatoms. The molecule has 0 saturated carbocycles. The lowest BCUT2D eigenvalue weighted by Crippen LogP contribution is -2.15. The molecule has 2 rings (SSSR count). The van der Waals surface area contributed by atoms with Crippen LogP contribution < -0.4 is 10.5 Å². The Balaban J connectivity index is 2.35. The number of Topliss-reactive ketones (excluding diaryl/α,β-unsaturated/α-hetero) is 1. The number of hydrogen-bond donors (Lipinski definition) is 1. The van der Waals surface area contributed by atoms with E-state index in [9.17, 15) is 9.18 Å². The third-order valence-electron chi connectivity index (χ3n) is 2.38. The number of ketones is 1. The molecular formula is C11H12FNO3. The molecule has 0 fully saturated rings. The number of benzene rings is 1. The molecular weight excluding hydrogens is 213 g/mol.